The summed E-state index contributed by atoms with van der Waals surface area (Å²) in [7, 11) is 0. The molecule has 0 unspecified atom stereocenters. The van der Waals surface area contributed by atoms with Crippen LogP contribution in [0.5, 0.6) is 0 Å². The summed E-state index contributed by atoms with van der Waals surface area (Å²) in [5, 5.41) is 2.11. The van der Waals surface area contributed by atoms with Gasteiger partial charge in [0, 0.05) is 17.8 Å². The molecular formula is C9H15IN2S. The second-order valence-corrected chi connectivity index (χ2v) is 3.80. The van der Waals surface area contributed by atoms with Crippen LogP contribution in [-0.2, 0) is 6.42 Å². The Morgan fingerprint density at radius 2 is 2.31 bits per heavy atom. The number of thiophene rings is 1. The number of hydrogen-bond donors (Lipinski definition) is 1. The molecule has 0 saturated heterocycles. The van der Waals surface area contributed by atoms with E-state index in [1.54, 1.807) is 11.3 Å². The van der Waals surface area contributed by atoms with Crippen LogP contribution in [0.15, 0.2) is 16.4 Å². The molecule has 13 heavy (non-hydrogen) atoms. The van der Waals surface area contributed by atoms with E-state index in [-0.39, 0.29) is 24.0 Å². The molecule has 1 rings (SSSR count). The molecule has 0 fully saturated rings. The Balaban J connectivity index is 0.00000144. The van der Waals surface area contributed by atoms with E-state index in [0.29, 0.717) is 5.84 Å². The second-order valence-electron chi connectivity index (χ2n) is 2.80. The van der Waals surface area contributed by atoms with E-state index < -0.39 is 0 Å². The Bertz CT molecular complexity index is 277. The maximum Gasteiger partial charge on any atom is 0.0905 e. The fourth-order valence-corrected chi connectivity index (χ4v) is 1.89. The van der Waals surface area contributed by atoms with Crippen molar-refractivity contribution in [3.05, 3.63) is 21.9 Å². The van der Waals surface area contributed by atoms with E-state index in [9.17, 15) is 0 Å². The lowest BCUT2D eigenvalue weighted by molar-refractivity contribution is 0.975. The first kappa shape index (κ1) is 12.9. The average Bonchev–Trinajstić information content (AvgIpc) is 2.36. The Labute approximate surface area is 100 Å². The van der Waals surface area contributed by atoms with Gasteiger partial charge in [-0.05, 0) is 30.9 Å². The highest BCUT2D eigenvalue weighted by atomic mass is 127. The summed E-state index contributed by atoms with van der Waals surface area (Å²) in [4.78, 5) is 5.56. The molecule has 74 valence electrons. The van der Waals surface area contributed by atoms with Gasteiger partial charge < -0.3 is 5.73 Å². The van der Waals surface area contributed by atoms with Gasteiger partial charge in [-0.15, -0.1) is 35.3 Å². The third-order valence-electron chi connectivity index (χ3n) is 1.67. The van der Waals surface area contributed by atoms with Gasteiger partial charge in [-0.3, -0.25) is 4.99 Å². The highest BCUT2D eigenvalue weighted by molar-refractivity contribution is 14.0. The largest absolute Gasteiger partial charge is 0.388 e. The summed E-state index contributed by atoms with van der Waals surface area (Å²) in [5.74, 6) is 0.671. The first-order valence-electron chi connectivity index (χ1n) is 3.99. The lowest BCUT2D eigenvalue weighted by Crippen LogP contribution is -2.06. The van der Waals surface area contributed by atoms with Crippen molar-refractivity contribution in [2.75, 3.05) is 6.54 Å². The highest BCUT2D eigenvalue weighted by Crippen LogP contribution is 2.15. The molecule has 0 saturated carbocycles. The van der Waals surface area contributed by atoms with Crippen molar-refractivity contribution in [2.45, 2.75) is 20.3 Å². The first-order valence-corrected chi connectivity index (χ1v) is 4.87. The number of aryl methyl sites for hydroxylation is 1. The topological polar surface area (TPSA) is 38.4 Å². The van der Waals surface area contributed by atoms with Gasteiger partial charge in [-0.2, -0.15) is 0 Å². The van der Waals surface area contributed by atoms with Crippen LogP contribution < -0.4 is 5.73 Å². The zero-order valence-electron chi connectivity index (χ0n) is 7.91. The molecule has 0 bridgehead atoms. The molecule has 1 heterocycles. The second kappa shape index (κ2) is 6.37. The molecule has 0 aromatic carbocycles. The number of halogens is 1. The van der Waals surface area contributed by atoms with Crippen molar-refractivity contribution in [1.82, 2.24) is 0 Å². The summed E-state index contributed by atoms with van der Waals surface area (Å²) in [6.45, 7) is 4.76. The molecule has 0 aliphatic rings. The summed E-state index contributed by atoms with van der Waals surface area (Å²) >= 11 is 1.79. The van der Waals surface area contributed by atoms with Gasteiger partial charge in [-0.1, -0.05) is 0 Å². The van der Waals surface area contributed by atoms with Crippen LogP contribution in [0.4, 0.5) is 0 Å². The maximum absolute atomic E-state index is 5.42. The minimum atomic E-state index is 0. The summed E-state index contributed by atoms with van der Waals surface area (Å²) in [5.41, 5.74) is 6.79. The van der Waals surface area contributed by atoms with Crippen molar-refractivity contribution in [2.24, 2.45) is 10.7 Å². The maximum atomic E-state index is 5.42. The Morgan fingerprint density at radius 3 is 2.77 bits per heavy atom. The molecule has 4 heteroatoms. The smallest absolute Gasteiger partial charge is 0.0905 e. The fourth-order valence-electron chi connectivity index (χ4n) is 0.994. The summed E-state index contributed by atoms with van der Waals surface area (Å²) < 4.78 is 0. The monoisotopic (exact) mass is 310 g/mol. The van der Waals surface area contributed by atoms with Gasteiger partial charge in [0.25, 0.3) is 0 Å². The lowest BCUT2D eigenvalue weighted by Gasteiger charge is -1.95. The molecule has 1 aromatic rings. The molecule has 0 spiro atoms. The van der Waals surface area contributed by atoms with Crippen LogP contribution >= 0.6 is 35.3 Å². The van der Waals surface area contributed by atoms with Crippen LogP contribution in [0.2, 0.25) is 0 Å². The minimum Gasteiger partial charge on any atom is -0.388 e. The van der Waals surface area contributed by atoms with Crippen LogP contribution in [0.3, 0.4) is 0 Å². The SMILES string of the molecule is CC(N)=NCCc1sccc1C.I. The van der Waals surface area contributed by atoms with Crippen molar-refractivity contribution >= 4 is 41.1 Å². The molecule has 0 atom stereocenters. The van der Waals surface area contributed by atoms with E-state index in [2.05, 4.69) is 23.4 Å². The highest BCUT2D eigenvalue weighted by Gasteiger charge is 1.97. The van der Waals surface area contributed by atoms with Gasteiger partial charge in [0.1, 0.15) is 0 Å². The van der Waals surface area contributed by atoms with E-state index in [0.717, 1.165) is 13.0 Å². The number of rotatable bonds is 3. The zero-order valence-corrected chi connectivity index (χ0v) is 11.1. The van der Waals surface area contributed by atoms with Crippen molar-refractivity contribution in [3.8, 4) is 0 Å². The van der Waals surface area contributed by atoms with Gasteiger partial charge >= 0.3 is 0 Å². The number of nitrogens with two attached hydrogens (primary N) is 1. The average molecular weight is 310 g/mol. The van der Waals surface area contributed by atoms with E-state index in [4.69, 9.17) is 5.73 Å². The number of nitrogens with zero attached hydrogens (tertiary/aromatic N) is 1. The predicted molar refractivity (Wildman–Crippen MR) is 70.3 cm³/mol. The zero-order chi connectivity index (χ0) is 8.97. The Kier molecular flexibility index (Phi) is 6.32. The molecule has 0 radical (unpaired) electrons. The van der Waals surface area contributed by atoms with Gasteiger partial charge in [0.15, 0.2) is 0 Å². The summed E-state index contributed by atoms with van der Waals surface area (Å²) in [6.07, 6.45) is 1.01. The molecule has 1 aromatic heterocycles. The predicted octanol–water partition coefficient (Wildman–Crippen LogP) is 2.59. The van der Waals surface area contributed by atoms with Crippen LogP contribution in [0.25, 0.3) is 0 Å². The lowest BCUT2D eigenvalue weighted by atomic mass is 10.2. The Morgan fingerprint density at radius 1 is 1.62 bits per heavy atom. The van der Waals surface area contributed by atoms with Gasteiger partial charge in [-0.25, -0.2) is 0 Å². The molecule has 2 N–H and O–H groups in total. The van der Waals surface area contributed by atoms with E-state index in [1.165, 1.54) is 10.4 Å². The van der Waals surface area contributed by atoms with Crippen molar-refractivity contribution in [1.29, 1.82) is 0 Å². The first-order chi connectivity index (χ1) is 5.70. The van der Waals surface area contributed by atoms with Crippen LogP contribution in [0.1, 0.15) is 17.4 Å². The minimum absolute atomic E-state index is 0. The van der Waals surface area contributed by atoms with Crippen LogP contribution in [0, 0.1) is 6.92 Å². The van der Waals surface area contributed by atoms with Gasteiger partial charge in [0.05, 0.1) is 5.84 Å². The Hall–Kier alpha value is -0.100. The standard InChI is InChI=1S/C9H14N2S.HI/c1-7-4-6-12-9(7)3-5-11-8(2)10;/h4,6H,3,5H2,1-2H3,(H2,10,11);1H. The number of amidine groups is 1. The van der Waals surface area contributed by atoms with Crippen LogP contribution in [-0.4, -0.2) is 12.4 Å². The summed E-state index contributed by atoms with van der Waals surface area (Å²) in [6, 6.07) is 2.14. The third kappa shape index (κ3) is 4.61. The number of aliphatic imine (C=N–C) groups is 1. The quantitative estimate of drug-likeness (QED) is 0.520. The van der Waals surface area contributed by atoms with E-state index >= 15 is 0 Å². The van der Waals surface area contributed by atoms with Crippen molar-refractivity contribution < 1.29 is 0 Å². The molecule has 2 nitrogen and oxygen atoms in total. The fraction of sp³-hybridized carbons (Fsp3) is 0.444. The van der Waals surface area contributed by atoms with Crippen molar-refractivity contribution in [3.63, 3.8) is 0 Å². The molecule has 0 aliphatic heterocycles. The third-order valence-corrected chi connectivity index (χ3v) is 2.75. The molecular weight excluding hydrogens is 295 g/mol. The normalized spacial score (nSPS) is 11.1. The van der Waals surface area contributed by atoms with Gasteiger partial charge in [0.2, 0.25) is 0 Å². The number of hydrogen-bond acceptors (Lipinski definition) is 2. The van der Waals surface area contributed by atoms with E-state index in [1.807, 2.05) is 6.92 Å². The molecule has 0 aliphatic carbocycles. The molecule has 0 amide bonds.